The van der Waals surface area contributed by atoms with Gasteiger partial charge in [-0.2, -0.15) is 0 Å². The third-order valence-corrected chi connectivity index (χ3v) is 4.78. The lowest BCUT2D eigenvalue weighted by molar-refractivity contribution is -0.145. The molecule has 5 atom stereocenters. The Labute approximate surface area is 195 Å². The Morgan fingerprint density at radius 1 is 0.912 bits per heavy atom. The van der Waals surface area contributed by atoms with E-state index in [2.05, 4.69) is 10.6 Å². The molecule has 0 aliphatic heterocycles. The predicted octanol–water partition coefficient (Wildman–Crippen LogP) is -2.67. The maximum atomic E-state index is 12.9. The van der Waals surface area contributed by atoms with Crippen LogP contribution in [-0.2, 0) is 30.4 Å². The van der Waals surface area contributed by atoms with Gasteiger partial charge in [-0.3, -0.25) is 19.2 Å². The first-order valence-corrected chi connectivity index (χ1v) is 10.4. The van der Waals surface area contributed by atoms with Crippen LogP contribution in [0.15, 0.2) is 30.3 Å². The average Bonchev–Trinajstić information content (AvgIpc) is 2.78. The Morgan fingerprint density at radius 2 is 1.47 bits per heavy atom. The highest BCUT2D eigenvalue weighted by Crippen LogP contribution is 2.06. The van der Waals surface area contributed by atoms with E-state index >= 15 is 0 Å². The highest BCUT2D eigenvalue weighted by atomic mass is 16.4. The van der Waals surface area contributed by atoms with Crippen molar-refractivity contribution in [2.45, 2.75) is 56.5 Å². The number of carbonyl (C=O) groups excluding carboxylic acids is 3. The Balaban J connectivity index is 2.97. The smallest absolute Gasteiger partial charge is 0.328 e. The molecule has 0 saturated carbocycles. The maximum Gasteiger partial charge on any atom is 0.328 e. The third-order valence-electron chi connectivity index (χ3n) is 4.78. The number of carboxylic acids is 2. The summed E-state index contributed by atoms with van der Waals surface area (Å²) in [7, 11) is 0. The van der Waals surface area contributed by atoms with Crippen molar-refractivity contribution in [2.75, 3.05) is 6.61 Å². The van der Waals surface area contributed by atoms with Crippen molar-refractivity contribution in [3.8, 4) is 0 Å². The van der Waals surface area contributed by atoms with E-state index in [1.807, 2.05) is 5.32 Å². The lowest BCUT2D eigenvalue weighted by Gasteiger charge is -2.25. The van der Waals surface area contributed by atoms with E-state index in [-0.39, 0.29) is 19.3 Å². The SMILES string of the molecule is CC(O)C(NC(=O)C(CO)NC(=O)C(Cc1ccccc1)NC(=O)C(N)CCC(=O)O)C(=O)O. The molecule has 0 aliphatic carbocycles. The molecule has 13 nitrogen and oxygen atoms in total. The second kappa shape index (κ2) is 13.9. The second-order valence-corrected chi connectivity index (χ2v) is 7.60. The summed E-state index contributed by atoms with van der Waals surface area (Å²) in [4.78, 5) is 59.6. The Morgan fingerprint density at radius 3 is 1.97 bits per heavy atom. The number of aliphatic hydroxyl groups excluding tert-OH is 2. The molecular formula is C21H30N4O9. The van der Waals surface area contributed by atoms with Gasteiger partial charge < -0.3 is 42.1 Å². The molecule has 1 aromatic carbocycles. The number of nitrogens with one attached hydrogen (secondary N) is 3. The Bertz CT molecular complexity index is 863. The number of nitrogens with two attached hydrogens (primary N) is 1. The summed E-state index contributed by atoms with van der Waals surface area (Å²) >= 11 is 0. The summed E-state index contributed by atoms with van der Waals surface area (Å²) < 4.78 is 0. The molecule has 1 rings (SSSR count). The summed E-state index contributed by atoms with van der Waals surface area (Å²) in [5.74, 6) is -5.39. The molecule has 0 spiro atoms. The lowest BCUT2D eigenvalue weighted by Crippen LogP contribution is -2.59. The number of aliphatic hydroxyl groups is 2. The highest BCUT2D eigenvalue weighted by molar-refractivity contribution is 5.94. The normalized spacial score (nSPS) is 15.2. The molecular weight excluding hydrogens is 452 g/mol. The van der Waals surface area contributed by atoms with Gasteiger partial charge in [0.05, 0.1) is 18.8 Å². The fraction of sp³-hybridized carbons (Fsp3) is 0.476. The van der Waals surface area contributed by atoms with E-state index in [1.165, 1.54) is 0 Å². The number of carbonyl (C=O) groups is 5. The van der Waals surface area contributed by atoms with Crippen molar-refractivity contribution in [2.24, 2.45) is 5.73 Å². The molecule has 1 aromatic rings. The van der Waals surface area contributed by atoms with Gasteiger partial charge in [-0.25, -0.2) is 4.79 Å². The summed E-state index contributed by atoms with van der Waals surface area (Å²) in [6.07, 6.45) is -1.99. The predicted molar refractivity (Wildman–Crippen MR) is 117 cm³/mol. The summed E-state index contributed by atoms with van der Waals surface area (Å²) in [6.45, 7) is 0.248. The first kappa shape index (κ1) is 28.5. The number of hydrogen-bond acceptors (Lipinski definition) is 8. The zero-order valence-corrected chi connectivity index (χ0v) is 18.5. The quantitative estimate of drug-likeness (QED) is 0.137. The minimum Gasteiger partial charge on any atom is -0.481 e. The zero-order chi connectivity index (χ0) is 25.8. The van der Waals surface area contributed by atoms with Crippen LogP contribution in [0.1, 0.15) is 25.3 Å². The number of benzene rings is 1. The first-order chi connectivity index (χ1) is 16.0. The largest absolute Gasteiger partial charge is 0.481 e. The van der Waals surface area contributed by atoms with Crippen molar-refractivity contribution in [3.05, 3.63) is 35.9 Å². The van der Waals surface area contributed by atoms with Crippen molar-refractivity contribution in [1.29, 1.82) is 0 Å². The van der Waals surface area contributed by atoms with Gasteiger partial charge in [0.1, 0.15) is 12.1 Å². The number of carboxylic acid groups (broad SMARTS) is 2. The van der Waals surface area contributed by atoms with E-state index in [0.29, 0.717) is 5.56 Å². The van der Waals surface area contributed by atoms with Crippen LogP contribution < -0.4 is 21.7 Å². The summed E-state index contributed by atoms with van der Waals surface area (Å²) in [6, 6.07) is 2.82. The topological polar surface area (TPSA) is 228 Å². The van der Waals surface area contributed by atoms with E-state index in [4.69, 9.17) is 15.9 Å². The molecule has 5 unspecified atom stereocenters. The summed E-state index contributed by atoms with van der Waals surface area (Å²) in [5, 5.41) is 43.6. The van der Waals surface area contributed by atoms with Crippen LogP contribution >= 0.6 is 0 Å². The maximum absolute atomic E-state index is 12.9. The van der Waals surface area contributed by atoms with Gasteiger partial charge in [-0.15, -0.1) is 0 Å². The Hall–Kier alpha value is -3.55. The number of aliphatic carboxylic acids is 2. The van der Waals surface area contributed by atoms with Gasteiger partial charge in [-0.05, 0) is 18.9 Å². The molecule has 3 amide bonds. The van der Waals surface area contributed by atoms with E-state index in [9.17, 15) is 34.2 Å². The molecule has 0 radical (unpaired) electrons. The van der Waals surface area contributed by atoms with Gasteiger partial charge in [0, 0.05) is 12.8 Å². The van der Waals surface area contributed by atoms with E-state index < -0.39 is 66.5 Å². The number of hydrogen-bond donors (Lipinski definition) is 8. The van der Waals surface area contributed by atoms with Gasteiger partial charge in [0.25, 0.3) is 0 Å². The van der Waals surface area contributed by atoms with Crippen LogP contribution in [0, 0.1) is 0 Å². The van der Waals surface area contributed by atoms with E-state index in [0.717, 1.165) is 6.92 Å². The second-order valence-electron chi connectivity index (χ2n) is 7.60. The zero-order valence-electron chi connectivity index (χ0n) is 18.5. The monoisotopic (exact) mass is 482 g/mol. The molecule has 13 heteroatoms. The fourth-order valence-electron chi connectivity index (χ4n) is 2.86. The minimum atomic E-state index is -1.68. The third kappa shape index (κ3) is 9.52. The van der Waals surface area contributed by atoms with Gasteiger partial charge in [0.2, 0.25) is 17.7 Å². The molecule has 9 N–H and O–H groups in total. The number of amides is 3. The van der Waals surface area contributed by atoms with Crippen LogP contribution in [0.4, 0.5) is 0 Å². The standard InChI is InChI=1S/C21H30N4O9/c1-11(27)17(21(33)34)25-20(32)15(10-26)24-19(31)14(9-12-5-3-2-4-6-12)23-18(30)13(22)7-8-16(28)29/h2-6,11,13-15,17,26-27H,7-10,22H2,1H3,(H,23,30)(H,24,31)(H,25,32)(H,28,29)(H,33,34). The van der Waals surface area contributed by atoms with Crippen molar-refractivity contribution in [1.82, 2.24) is 16.0 Å². The lowest BCUT2D eigenvalue weighted by atomic mass is 10.0. The van der Waals surface area contributed by atoms with Crippen LogP contribution in [0.2, 0.25) is 0 Å². The van der Waals surface area contributed by atoms with Crippen molar-refractivity contribution in [3.63, 3.8) is 0 Å². The molecule has 0 saturated heterocycles. The molecule has 0 heterocycles. The number of rotatable bonds is 14. The van der Waals surface area contributed by atoms with Crippen LogP contribution in [0.5, 0.6) is 0 Å². The van der Waals surface area contributed by atoms with Crippen LogP contribution in [-0.4, -0.2) is 87.0 Å². The molecule has 0 aromatic heterocycles. The Kier molecular flexibility index (Phi) is 11.6. The molecule has 0 fully saturated rings. The van der Waals surface area contributed by atoms with Gasteiger partial charge in [-0.1, -0.05) is 30.3 Å². The van der Waals surface area contributed by atoms with Crippen molar-refractivity contribution < 1.29 is 44.4 Å². The van der Waals surface area contributed by atoms with Crippen LogP contribution in [0.3, 0.4) is 0 Å². The molecule has 34 heavy (non-hydrogen) atoms. The highest BCUT2D eigenvalue weighted by Gasteiger charge is 2.31. The molecule has 0 aliphatic rings. The molecule has 188 valence electrons. The minimum absolute atomic E-state index is 0.0186. The van der Waals surface area contributed by atoms with E-state index in [1.54, 1.807) is 30.3 Å². The van der Waals surface area contributed by atoms with Crippen LogP contribution in [0.25, 0.3) is 0 Å². The first-order valence-electron chi connectivity index (χ1n) is 10.4. The average molecular weight is 482 g/mol. The fourth-order valence-corrected chi connectivity index (χ4v) is 2.86. The van der Waals surface area contributed by atoms with Gasteiger partial charge >= 0.3 is 11.9 Å². The summed E-state index contributed by atoms with van der Waals surface area (Å²) in [5.41, 5.74) is 6.35. The van der Waals surface area contributed by atoms with Crippen molar-refractivity contribution >= 4 is 29.7 Å². The molecule has 0 bridgehead atoms. The van der Waals surface area contributed by atoms with Gasteiger partial charge in [0.15, 0.2) is 6.04 Å².